The zero-order valence-corrected chi connectivity index (χ0v) is 14.2. The predicted octanol–water partition coefficient (Wildman–Crippen LogP) is 4.59. The van der Waals surface area contributed by atoms with Gasteiger partial charge >= 0.3 is 0 Å². The molecule has 0 N–H and O–H groups in total. The molecule has 0 amide bonds. The van der Waals surface area contributed by atoms with Gasteiger partial charge in [0, 0.05) is 0 Å². The molecule has 1 aromatic carbocycles. The molecule has 1 fully saturated rings. The van der Waals surface area contributed by atoms with E-state index < -0.39 is 0 Å². The average molecular weight is 288 g/mol. The van der Waals surface area contributed by atoms with Crippen LogP contribution in [0.5, 0.6) is 0 Å². The summed E-state index contributed by atoms with van der Waals surface area (Å²) in [6, 6.07) is 6.77. The first-order chi connectivity index (χ1) is 9.71. The summed E-state index contributed by atoms with van der Waals surface area (Å²) in [5.74, 6) is 0. The number of benzene rings is 1. The van der Waals surface area contributed by atoms with Gasteiger partial charge in [0.2, 0.25) is 0 Å². The van der Waals surface area contributed by atoms with Gasteiger partial charge in [0.1, 0.15) is 6.79 Å². The number of allylic oxidation sites excluding steroid dienone is 2. The fourth-order valence-corrected chi connectivity index (χ4v) is 2.45. The number of hydrogen-bond donors (Lipinski definition) is 0. The van der Waals surface area contributed by atoms with Gasteiger partial charge in [-0.2, -0.15) is 0 Å². The van der Waals surface area contributed by atoms with Gasteiger partial charge in [-0.25, -0.2) is 0 Å². The molecule has 0 saturated carbocycles. The van der Waals surface area contributed by atoms with E-state index in [1.807, 2.05) is 27.7 Å². The molecule has 0 bridgehead atoms. The van der Waals surface area contributed by atoms with E-state index in [4.69, 9.17) is 9.47 Å². The minimum Gasteiger partial charge on any atom is -0.347 e. The first-order valence-electron chi connectivity index (χ1n) is 7.73. The molecular weight excluding hydrogens is 260 g/mol. The Morgan fingerprint density at radius 1 is 0.905 bits per heavy atom. The molecule has 0 unspecified atom stereocenters. The van der Waals surface area contributed by atoms with E-state index in [2.05, 4.69) is 38.1 Å². The van der Waals surface area contributed by atoms with Crippen molar-refractivity contribution in [2.45, 2.75) is 65.6 Å². The maximum Gasteiger partial charge on any atom is 0.148 e. The molecule has 1 aromatic rings. The van der Waals surface area contributed by atoms with Crippen molar-refractivity contribution in [3.8, 4) is 0 Å². The summed E-state index contributed by atoms with van der Waals surface area (Å²) in [7, 11) is 0. The van der Waals surface area contributed by atoms with Crippen molar-refractivity contribution < 1.29 is 9.47 Å². The quantitative estimate of drug-likeness (QED) is 0.650. The van der Waals surface area contributed by atoms with Crippen LogP contribution in [0.25, 0.3) is 0 Å². The summed E-state index contributed by atoms with van der Waals surface area (Å²) in [4.78, 5) is 0. The molecule has 0 aromatic heterocycles. The van der Waals surface area contributed by atoms with Crippen LogP contribution in [0.4, 0.5) is 0 Å². The lowest BCUT2D eigenvalue weighted by Crippen LogP contribution is -2.41. The molecule has 0 atom stereocenters. The van der Waals surface area contributed by atoms with E-state index in [1.54, 1.807) is 0 Å². The summed E-state index contributed by atoms with van der Waals surface area (Å²) in [5.41, 5.74) is 5.65. The minimum absolute atomic E-state index is 0.132. The molecular formula is C19H28O2. The highest BCUT2D eigenvalue weighted by Gasteiger charge is 2.44. The summed E-state index contributed by atoms with van der Waals surface area (Å²) in [6.07, 6.45) is 4.61. The molecule has 0 radical (unpaired) electrons. The number of hydrogen-bond acceptors (Lipinski definition) is 2. The number of aryl methyl sites for hydroxylation is 1. The largest absolute Gasteiger partial charge is 0.347 e. The predicted molar refractivity (Wildman–Crippen MR) is 87.5 cm³/mol. The fourth-order valence-electron chi connectivity index (χ4n) is 2.45. The third kappa shape index (κ3) is 3.75. The van der Waals surface area contributed by atoms with E-state index in [1.165, 1.54) is 22.3 Å². The maximum absolute atomic E-state index is 5.33. The summed E-state index contributed by atoms with van der Waals surface area (Å²) < 4.78 is 10.7. The fraction of sp³-hybridized carbons (Fsp3) is 0.579. The summed E-state index contributed by atoms with van der Waals surface area (Å²) in [5, 5.41) is 0. The minimum atomic E-state index is -0.132. The lowest BCUT2D eigenvalue weighted by atomic mass is 9.90. The molecule has 2 nitrogen and oxygen atoms in total. The van der Waals surface area contributed by atoms with Crippen LogP contribution in [-0.2, 0) is 22.3 Å². The topological polar surface area (TPSA) is 18.5 Å². The Morgan fingerprint density at radius 2 is 1.52 bits per heavy atom. The molecule has 116 valence electrons. The van der Waals surface area contributed by atoms with E-state index in [0.29, 0.717) is 6.79 Å². The lowest BCUT2D eigenvalue weighted by molar-refractivity contribution is 0.00578. The van der Waals surface area contributed by atoms with Crippen molar-refractivity contribution in [1.29, 1.82) is 0 Å². The zero-order valence-electron chi connectivity index (χ0n) is 14.2. The van der Waals surface area contributed by atoms with E-state index in [0.717, 1.165) is 12.8 Å². The molecule has 2 heteroatoms. The van der Waals surface area contributed by atoms with Crippen LogP contribution in [0, 0.1) is 6.92 Å². The summed E-state index contributed by atoms with van der Waals surface area (Å²) >= 11 is 0. The molecule has 0 spiro atoms. The van der Waals surface area contributed by atoms with Crippen molar-refractivity contribution in [1.82, 2.24) is 0 Å². The second-order valence-electron chi connectivity index (χ2n) is 7.13. The van der Waals surface area contributed by atoms with Crippen molar-refractivity contribution in [2.75, 3.05) is 6.79 Å². The van der Waals surface area contributed by atoms with Crippen molar-refractivity contribution >= 4 is 0 Å². The number of rotatable bonds is 0. The third-order valence-electron chi connectivity index (χ3n) is 4.79. The van der Waals surface area contributed by atoms with Crippen molar-refractivity contribution in [2.24, 2.45) is 0 Å². The van der Waals surface area contributed by atoms with Gasteiger partial charge in [0.15, 0.2) is 0 Å². The van der Waals surface area contributed by atoms with Crippen LogP contribution in [0.3, 0.4) is 0 Å². The second kappa shape index (κ2) is 5.94. The smallest absolute Gasteiger partial charge is 0.148 e. The Balaban J connectivity index is 0.000000161. The Morgan fingerprint density at radius 3 is 2.05 bits per heavy atom. The van der Waals surface area contributed by atoms with E-state index >= 15 is 0 Å². The Hall–Kier alpha value is -1.12. The van der Waals surface area contributed by atoms with E-state index in [9.17, 15) is 0 Å². The SMILES string of the molecule is CC1(C)OCOC1(C)C.CC1=CCc2cc(C)ccc2C1. The highest BCUT2D eigenvalue weighted by Crippen LogP contribution is 2.34. The monoisotopic (exact) mass is 288 g/mol. The van der Waals surface area contributed by atoms with Crippen LogP contribution in [0.15, 0.2) is 29.8 Å². The Kier molecular flexibility index (Phi) is 4.60. The summed E-state index contributed by atoms with van der Waals surface area (Å²) in [6.45, 7) is 13.0. The first-order valence-corrected chi connectivity index (χ1v) is 7.73. The Labute approximate surface area is 129 Å². The molecule has 2 aliphatic rings. The van der Waals surface area contributed by atoms with Gasteiger partial charge in [-0.3, -0.25) is 0 Å². The first kappa shape index (κ1) is 16.3. The van der Waals surface area contributed by atoms with Gasteiger partial charge < -0.3 is 9.47 Å². The van der Waals surface area contributed by atoms with Crippen molar-refractivity contribution in [3.05, 3.63) is 46.5 Å². The molecule has 21 heavy (non-hydrogen) atoms. The third-order valence-corrected chi connectivity index (χ3v) is 4.79. The average Bonchev–Trinajstić information content (AvgIpc) is 2.63. The number of ether oxygens (including phenoxy) is 2. The van der Waals surface area contributed by atoms with Crippen LogP contribution < -0.4 is 0 Å². The lowest BCUT2D eigenvalue weighted by Gasteiger charge is -2.30. The number of fused-ring (bicyclic) bond motifs is 1. The molecule has 1 aliphatic carbocycles. The standard InChI is InChI=1S/C12H14.C7H14O2/c1-9-3-5-12-8-10(2)4-6-11(12)7-9;1-6(2)7(3,4)9-5-8-6/h3-5,7H,6,8H2,1-2H3;5H2,1-4H3. The van der Waals surface area contributed by atoms with Gasteiger partial charge in [0.25, 0.3) is 0 Å². The van der Waals surface area contributed by atoms with Crippen molar-refractivity contribution in [3.63, 3.8) is 0 Å². The molecule has 1 heterocycles. The zero-order chi connectivity index (χ0) is 15.7. The van der Waals surface area contributed by atoms with Gasteiger partial charge in [0.05, 0.1) is 11.2 Å². The normalized spacial score (nSPS) is 21.9. The van der Waals surface area contributed by atoms with Crippen LogP contribution >= 0.6 is 0 Å². The van der Waals surface area contributed by atoms with Gasteiger partial charge in [-0.05, 0) is 65.5 Å². The van der Waals surface area contributed by atoms with Gasteiger partial charge in [-0.1, -0.05) is 35.4 Å². The maximum atomic E-state index is 5.33. The molecule has 3 rings (SSSR count). The Bertz CT molecular complexity index is 524. The van der Waals surface area contributed by atoms with Crippen LogP contribution in [-0.4, -0.2) is 18.0 Å². The van der Waals surface area contributed by atoms with Crippen LogP contribution in [0.2, 0.25) is 0 Å². The molecule has 1 saturated heterocycles. The van der Waals surface area contributed by atoms with E-state index in [-0.39, 0.29) is 11.2 Å². The van der Waals surface area contributed by atoms with Crippen LogP contribution in [0.1, 0.15) is 51.3 Å². The van der Waals surface area contributed by atoms with Gasteiger partial charge in [-0.15, -0.1) is 0 Å². The highest BCUT2D eigenvalue weighted by molar-refractivity contribution is 5.38. The highest BCUT2D eigenvalue weighted by atomic mass is 16.7. The molecule has 1 aliphatic heterocycles. The second-order valence-corrected chi connectivity index (χ2v) is 7.13.